The third kappa shape index (κ3) is 6.95. The molecule has 2 aliphatic rings. The van der Waals surface area contributed by atoms with Gasteiger partial charge in [0.15, 0.2) is 0 Å². The summed E-state index contributed by atoms with van der Waals surface area (Å²) in [4.78, 5) is 48.2. The molecule has 3 N–H and O–H groups in total. The minimum atomic E-state index is -1.07. The lowest BCUT2D eigenvalue weighted by molar-refractivity contribution is -0.126. The molecule has 6 rings (SSSR count). The third-order valence-corrected chi connectivity index (χ3v) is 10.9. The van der Waals surface area contributed by atoms with E-state index in [-0.39, 0.29) is 36.0 Å². The van der Waals surface area contributed by atoms with E-state index in [9.17, 15) is 19.6 Å². The van der Waals surface area contributed by atoms with E-state index in [4.69, 9.17) is 4.74 Å². The molecule has 2 amide bonds. The monoisotopic (exact) mass is 633 g/mol. The van der Waals surface area contributed by atoms with Crippen LogP contribution < -0.4 is 10.6 Å². The Hall–Kier alpha value is -5.01. The van der Waals surface area contributed by atoms with Crippen molar-refractivity contribution in [2.45, 2.75) is 43.7 Å². The predicted molar refractivity (Wildman–Crippen MR) is 179 cm³/mol. The fourth-order valence-electron chi connectivity index (χ4n) is 6.22. The molecule has 46 heavy (non-hydrogen) atoms. The fourth-order valence-corrected chi connectivity index (χ4v) is 8.49. The summed E-state index contributed by atoms with van der Waals surface area (Å²) in [5.41, 5.74) is 5.87. The van der Waals surface area contributed by atoms with Crippen LogP contribution in [0.3, 0.4) is 0 Å². The van der Waals surface area contributed by atoms with Crippen LogP contribution in [0.15, 0.2) is 91.4 Å². The highest BCUT2D eigenvalue weighted by Crippen LogP contribution is 2.44. The molecular weight excluding hydrogens is 598 g/mol. The topological polar surface area (TPSA) is 137 Å². The van der Waals surface area contributed by atoms with Gasteiger partial charge >= 0.3 is 6.09 Å². The first kappa shape index (κ1) is 31.0. The SMILES string of the molecule is N#CC(C(=O)[C@H](Cc1ccccc1)NC(=O)[C@H](Cc1cnc[nH]1)NC(=O)OCC1c2ccccc2-c2ccccc21)=S1CCCC1. The molecule has 2 heterocycles. The van der Waals surface area contributed by atoms with Gasteiger partial charge in [0, 0.05) is 30.7 Å². The molecule has 1 saturated heterocycles. The summed E-state index contributed by atoms with van der Waals surface area (Å²) >= 11 is 0. The summed E-state index contributed by atoms with van der Waals surface area (Å²) in [6, 6.07) is 25.6. The van der Waals surface area contributed by atoms with Crippen molar-refractivity contribution >= 4 is 33.1 Å². The number of alkyl carbamates (subject to hydrolysis) is 1. The molecule has 0 spiro atoms. The van der Waals surface area contributed by atoms with E-state index in [1.165, 1.54) is 6.33 Å². The quantitative estimate of drug-likeness (QED) is 0.201. The van der Waals surface area contributed by atoms with Crippen LogP contribution in [0.5, 0.6) is 0 Å². The molecule has 0 radical (unpaired) electrons. The summed E-state index contributed by atoms with van der Waals surface area (Å²) in [7, 11) is -0.418. The maximum Gasteiger partial charge on any atom is 0.407 e. The van der Waals surface area contributed by atoms with Gasteiger partial charge < -0.3 is 20.4 Å². The van der Waals surface area contributed by atoms with Crippen LogP contribution in [0.4, 0.5) is 4.79 Å². The molecule has 2 atom stereocenters. The summed E-state index contributed by atoms with van der Waals surface area (Å²) in [5, 5.41) is 15.6. The van der Waals surface area contributed by atoms with Gasteiger partial charge in [0.05, 0.1) is 12.4 Å². The second kappa shape index (κ2) is 14.4. The van der Waals surface area contributed by atoms with Crippen molar-refractivity contribution in [1.29, 1.82) is 5.26 Å². The van der Waals surface area contributed by atoms with E-state index in [1.807, 2.05) is 66.7 Å². The summed E-state index contributed by atoms with van der Waals surface area (Å²) in [6.45, 7) is 0.0934. The first-order chi connectivity index (χ1) is 22.5. The minimum Gasteiger partial charge on any atom is -0.449 e. The Morgan fingerprint density at radius 1 is 0.891 bits per heavy atom. The van der Waals surface area contributed by atoms with Crippen LogP contribution >= 0.6 is 10.5 Å². The van der Waals surface area contributed by atoms with Gasteiger partial charge in [0.2, 0.25) is 11.7 Å². The van der Waals surface area contributed by atoms with E-state index >= 15 is 0 Å². The minimum absolute atomic E-state index is 0.0934. The summed E-state index contributed by atoms with van der Waals surface area (Å²) in [5.74, 6) is 0.567. The number of H-pyrrole nitrogens is 1. The highest BCUT2D eigenvalue weighted by atomic mass is 32.2. The number of carbonyl (C=O) groups is 3. The number of amides is 2. The number of imidazole rings is 1. The van der Waals surface area contributed by atoms with Crippen molar-refractivity contribution in [1.82, 2.24) is 20.6 Å². The predicted octanol–water partition coefficient (Wildman–Crippen LogP) is 4.91. The molecule has 1 aliphatic carbocycles. The second-order valence-electron chi connectivity index (χ2n) is 11.5. The van der Waals surface area contributed by atoms with Crippen LogP contribution in [0.25, 0.3) is 11.1 Å². The molecule has 1 fully saturated rings. The van der Waals surface area contributed by atoms with E-state index in [0.717, 1.165) is 52.2 Å². The number of ketones is 1. The lowest BCUT2D eigenvalue weighted by atomic mass is 9.98. The summed E-state index contributed by atoms with van der Waals surface area (Å²) in [6.07, 6.45) is 4.60. The maximum absolute atomic E-state index is 13.9. The number of rotatable bonds is 11. The molecule has 234 valence electrons. The Labute approximate surface area is 270 Å². The highest BCUT2D eigenvalue weighted by molar-refractivity contribution is 8.17. The largest absolute Gasteiger partial charge is 0.449 e. The zero-order valence-electron chi connectivity index (χ0n) is 25.3. The van der Waals surface area contributed by atoms with E-state index < -0.39 is 34.6 Å². The Bertz CT molecular complexity index is 1740. The number of carbonyl (C=O) groups excluding carboxylic acids is 3. The van der Waals surface area contributed by atoms with Crippen LogP contribution in [0.1, 0.15) is 41.1 Å². The zero-order chi connectivity index (χ0) is 31.9. The van der Waals surface area contributed by atoms with Crippen molar-refractivity contribution in [2.75, 3.05) is 18.1 Å². The Balaban J connectivity index is 1.20. The average molecular weight is 634 g/mol. The molecule has 4 aromatic rings. The van der Waals surface area contributed by atoms with Crippen molar-refractivity contribution in [3.63, 3.8) is 0 Å². The molecule has 0 unspecified atom stereocenters. The smallest absolute Gasteiger partial charge is 0.407 e. The number of Topliss-reactive ketones (excluding diaryl/α,β-unsaturated/α-hetero) is 1. The van der Waals surface area contributed by atoms with Gasteiger partial charge in [-0.25, -0.2) is 9.78 Å². The molecule has 0 saturated carbocycles. The van der Waals surface area contributed by atoms with E-state index in [1.54, 1.807) is 6.20 Å². The van der Waals surface area contributed by atoms with Crippen LogP contribution in [-0.2, 0) is 27.2 Å². The molecule has 9 nitrogen and oxygen atoms in total. The number of fused-ring (bicyclic) bond motifs is 3. The van der Waals surface area contributed by atoms with Crippen molar-refractivity contribution in [3.05, 3.63) is 114 Å². The lowest BCUT2D eigenvalue weighted by Gasteiger charge is -2.23. The molecule has 3 aromatic carbocycles. The number of ether oxygens (including phenoxy) is 1. The number of aromatic amines is 1. The van der Waals surface area contributed by atoms with Gasteiger partial charge in [-0.15, -0.1) is 0 Å². The first-order valence-corrected chi connectivity index (χ1v) is 17.0. The number of hydrogen-bond donors (Lipinski definition) is 3. The second-order valence-corrected chi connectivity index (χ2v) is 13.7. The van der Waals surface area contributed by atoms with Crippen LogP contribution in [-0.4, -0.2) is 62.8 Å². The fraction of sp³-hybridized carbons (Fsp3) is 0.278. The number of nitriles is 1. The van der Waals surface area contributed by atoms with Crippen LogP contribution in [0, 0.1) is 11.3 Å². The zero-order valence-corrected chi connectivity index (χ0v) is 26.1. The molecule has 0 bridgehead atoms. The van der Waals surface area contributed by atoms with Gasteiger partial charge in [-0.1, -0.05) is 78.9 Å². The average Bonchev–Trinajstić information content (AvgIpc) is 3.86. The number of aromatic nitrogens is 2. The van der Waals surface area contributed by atoms with Gasteiger partial charge in [-0.3, -0.25) is 9.59 Å². The molecule has 1 aliphatic heterocycles. The standard InChI is InChI=1S/C36H35N5O4S/c37-20-33(46-16-8-9-17-46)34(42)31(18-24-10-2-1-3-11-24)40-35(43)32(19-25-21-38-23-39-25)41-36(44)45-22-30-28-14-6-4-12-26(28)27-13-5-7-15-29(27)30/h1-7,10-15,21,23,30-32H,8-9,16-19,22H2,(H,38,39)(H,40,43)(H,41,44)/t31-,32-/m0/s1. The summed E-state index contributed by atoms with van der Waals surface area (Å²) < 4.78 is 5.74. The number of benzene rings is 3. The van der Waals surface area contributed by atoms with Crippen molar-refractivity contribution < 1.29 is 19.1 Å². The van der Waals surface area contributed by atoms with E-state index in [2.05, 4.69) is 38.8 Å². The van der Waals surface area contributed by atoms with Crippen molar-refractivity contribution in [3.8, 4) is 17.2 Å². The Morgan fingerprint density at radius 3 is 2.17 bits per heavy atom. The first-order valence-electron chi connectivity index (χ1n) is 15.4. The van der Waals surface area contributed by atoms with E-state index in [0.29, 0.717) is 5.69 Å². The highest BCUT2D eigenvalue weighted by Gasteiger charge is 2.32. The van der Waals surface area contributed by atoms with Gasteiger partial charge in [0.25, 0.3) is 0 Å². The number of nitrogens with one attached hydrogen (secondary N) is 3. The molecular formula is C36H35N5O4S. The third-order valence-electron chi connectivity index (χ3n) is 8.49. The Morgan fingerprint density at radius 2 is 1.54 bits per heavy atom. The normalized spacial score (nSPS) is 15.2. The van der Waals surface area contributed by atoms with Gasteiger partial charge in [-0.05, 0) is 52.2 Å². The molecule has 1 aromatic heterocycles. The number of hydrogen-bond acceptors (Lipinski definition) is 6. The van der Waals surface area contributed by atoms with Gasteiger partial charge in [0.1, 0.15) is 23.6 Å². The maximum atomic E-state index is 13.9. The van der Waals surface area contributed by atoms with Crippen LogP contribution in [0.2, 0.25) is 0 Å². The Kier molecular flexibility index (Phi) is 9.70. The van der Waals surface area contributed by atoms with Crippen molar-refractivity contribution in [2.24, 2.45) is 0 Å². The molecule has 10 heteroatoms. The lowest BCUT2D eigenvalue weighted by Crippen LogP contribution is -2.54. The number of nitrogens with zero attached hydrogens (tertiary/aromatic N) is 2. The van der Waals surface area contributed by atoms with Gasteiger partial charge in [-0.2, -0.15) is 15.7 Å².